The quantitative estimate of drug-likeness (QED) is 0.538. The van der Waals surface area contributed by atoms with E-state index in [0.29, 0.717) is 22.5 Å². The molecule has 2 aliphatic rings. The number of amidine groups is 1. The predicted molar refractivity (Wildman–Crippen MR) is 106 cm³/mol. The van der Waals surface area contributed by atoms with Crippen LogP contribution in [0.4, 0.5) is 0 Å². The number of piperidine rings is 1. The smallest absolute Gasteiger partial charge is 0.303 e. The minimum absolute atomic E-state index is 0. The molecule has 0 radical (unpaired) electrons. The van der Waals surface area contributed by atoms with Crippen LogP contribution < -0.4 is 5.73 Å². The molecule has 0 atom stereocenters. The van der Waals surface area contributed by atoms with Crippen LogP contribution in [-0.2, 0) is 4.79 Å². The molecular formula is C20H28ClN3O3. The van der Waals surface area contributed by atoms with E-state index < -0.39 is 5.97 Å². The van der Waals surface area contributed by atoms with Crippen molar-refractivity contribution in [2.24, 2.45) is 17.1 Å². The van der Waals surface area contributed by atoms with Gasteiger partial charge < -0.3 is 15.7 Å². The molecule has 1 spiro atoms. The predicted octanol–water partition coefficient (Wildman–Crippen LogP) is 3.28. The van der Waals surface area contributed by atoms with E-state index in [1.165, 1.54) is 0 Å². The highest BCUT2D eigenvalue weighted by Crippen LogP contribution is 2.47. The van der Waals surface area contributed by atoms with Gasteiger partial charge in [-0.15, -0.1) is 12.4 Å². The molecule has 1 saturated heterocycles. The molecule has 0 unspecified atom stereocenters. The van der Waals surface area contributed by atoms with Crippen molar-refractivity contribution in [3.05, 3.63) is 35.4 Å². The third-order valence-electron chi connectivity index (χ3n) is 6.18. The molecule has 1 heterocycles. The number of nitrogens with two attached hydrogens (primary N) is 1. The van der Waals surface area contributed by atoms with Gasteiger partial charge in [-0.3, -0.25) is 15.0 Å². The van der Waals surface area contributed by atoms with E-state index in [9.17, 15) is 9.59 Å². The number of carboxylic acid groups (broad SMARTS) is 1. The van der Waals surface area contributed by atoms with Gasteiger partial charge in [-0.25, -0.2) is 0 Å². The second-order valence-corrected chi connectivity index (χ2v) is 7.82. The Bertz CT molecular complexity index is 687. The molecule has 6 nitrogen and oxygen atoms in total. The van der Waals surface area contributed by atoms with Gasteiger partial charge in [0.25, 0.3) is 5.91 Å². The van der Waals surface area contributed by atoms with Crippen LogP contribution in [0, 0.1) is 16.7 Å². The fraction of sp³-hybridized carbons (Fsp3) is 0.550. The molecule has 2 fully saturated rings. The van der Waals surface area contributed by atoms with Crippen molar-refractivity contribution >= 4 is 30.1 Å². The molecule has 0 bridgehead atoms. The highest BCUT2D eigenvalue weighted by molar-refractivity contribution is 5.98. The minimum Gasteiger partial charge on any atom is -0.481 e. The van der Waals surface area contributed by atoms with Crippen molar-refractivity contribution in [1.82, 2.24) is 4.90 Å². The maximum Gasteiger partial charge on any atom is 0.303 e. The highest BCUT2D eigenvalue weighted by Gasteiger charge is 2.39. The van der Waals surface area contributed by atoms with Crippen molar-refractivity contribution in [2.75, 3.05) is 13.1 Å². The van der Waals surface area contributed by atoms with Crippen LogP contribution in [0.1, 0.15) is 60.9 Å². The molecule has 4 N–H and O–H groups in total. The number of nitrogens with zero attached hydrogens (tertiary/aromatic N) is 1. The number of benzene rings is 1. The van der Waals surface area contributed by atoms with Gasteiger partial charge in [0.05, 0.1) is 0 Å². The van der Waals surface area contributed by atoms with Gasteiger partial charge in [-0.1, -0.05) is 12.1 Å². The lowest BCUT2D eigenvalue weighted by Gasteiger charge is -2.46. The van der Waals surface area contributed by atoms with Crippen LogP contribution in [-0.4, -0.2) is 40.8 Å². The lowest BCUT2D eigenvalue weighted by atomic mass is 9.65. The average molecular weight is 394 g/mol. The van der Waals surface area contributed by atoms with Gasteiger partial charge in [0.2, 0.25) is 0 Å². The fourth-order valence-corrected chi connectivity index (χ4v) is 4.40. The number of halogens is 1. The molecule has 7 heteroatoms. The zero-order chi connectivity index (χ0) is 18.7. The van der Waals surface area contributed by atoms with Gasteiger partial charge >= 0.3 is 5.97 Å². The highest BCUT2D eigenvalue weighted by atomic mass is 35.5. The summed E-state index contributed by atoms with van der Waals surface area (Å²) in [5.41, 5.74) is 7.01. The molecule has 148 valence electrons. The number of carbonyl (C=O) groups excluding carboxylic acids is 1. The first-order valence-corrected chi connectivity index (χ1v) is 9.34. The zero-order valence-electron chi connectivity index (χ0n) is 15.4. The number of likely N-dealkylation sites (tertiary alicyclic amines) is 1. The number of carbonyl (C=O) groups is 2. The first-order chi connectivity index (χ1) is 12.4. The summed E-state index contributed by atoms with van der Waals surface area (Å²) in [6.07, 6.45) is 6.45. The molecule has 1 saturated carbocycles. The second-order valence-electron chi connectivity index (χ2n) is 7.82. The number of nitrogen functional groups attached to an aromatic ring is 1. The summed E-state index contributed by atoms with van der Waals surface area (Å²) >= 11 is 0. The Hall–Kier alpha value is -2.08. The summed E-state index contributed by atoms with van der Waals surface area (Å²) in [5, 5.41) is 16.4. The van der Waals surface area contributed by atoms with E-state index in [4.69, 9.17) is 16.2 Å². The third kappa shape index (κ3) is 5.01. The number of hydrogen-bond donors (Lipinski definition) is 3. The van der Waals surface area contributed by atoms with Crippen LogP contribution in [0.25, 0.3) is 0 Å². The molecule has 1 aliphatic heterocycles. The van der Waals surface area contributed by atoms with Gasteiger partial charge in [-0.2, -0.15) is 0 Å². The minimum atomic E-state index is -0.692. The molecule has 1 aliphatic carbocycles. The van der Waals surface area contributed by atoms with Crippen molar-refractivity contribution < 1.29 is 14.7 Å². The van der Waals surface area contributed by atoms with Gasteiger partial charge in [0.15, 0.2) is 0 Å². The molecule has 1 amide bonds. The standard InChI is InChI=1S/C20H27N3O3.ClH/c21-18(22)15-1-3-16(4-2-15)19(26)23-11-9-20(10-12-23)7-5-14(6-8-20)13-17(24)25;/h1-4,14H,5-13H2,(H3,21,22)(H,24,25);1H. The number of nitrogens with one attached hydrogen (secondary N) is 1. The Kier molecular flexibility index (Phi) is 6.87. The summed E-state index contributed by atoms with van der Waals surface area (Å²) < 4.78 is 0. The molecule has 1 aromatic rings. The third-order valence-corrected chi connectivity index (χ3v) is 6.18. The molecule has 3 rings (SSSR count). The van der Waals surface area contributed by atoms with Crippen molar-refractivity contribution in [3.63, 3.8) is 0 Å². The van der Waals surface area contributed by atoms with Crippen LogP contribution in [0.5, 0.6) is 0 Å². The van der Waals surface area contributed by atoms with Gasteiger partial charge in [0, 0.05) is 30.6 Å². The maximum atomic E-state index is 12.7. The van der Waals surface area contributed by atoms with E-state index in [0.717, 1.165) is 51.6 Å². The van der Waals surface area contributed by atoms with Crippen LogP contribution in [0.3, 0.4) is 0 Å². The van der Waals surface area contributed by atoms with E-state index in [-0.39, 0.29) is 30.6 Å². The van der Waals surface area contributed by atoms with E-state index >= 15 is 0 Å². The summed E-state index contributed by atoms with van der Waals surface area (Å²) in [6.45, 7) is 1.52. The van der Waals surface area contributed by atoms with Crippen molar-refractivity contribution in [2.45, 2.75) is 44.9 Å². The zero-order valence-corrected chi connectivity index (χ0v) is 16.3. The van der Waals surface area contributed by atoms with Gasteiger partial charge in [0.1, 0.15) is 5.84 Å². The van der Waals surface area contributed by atoms with Gasteiger partial charge in [-0.05, 0) is 62.0 Å². The van der Waals surface area contributed by atoms with Crippen LogP contribution in [0.2, 0.25) is 0 Å². The Morgan fingerprint density at radius 3 is 2.07 bits per heavy atom. The number of amides is 1. The van der Waals surface area contributed by atoms with E-state index in [2.05, 4.69) is 0 Å². The topological polar surface area (TPSA) is 107 Å². The Balaban J connectivity index is 0.00000261. The lowest BCUT2D eigenvalue weighted by Crippen LogP contribution is -2.44. The van der Waals surface area contributed by atoms with E-state index in [1.54, 1.807) is 24.3 Å². The SMILES string of the molecule is Cl.N=C(N)c1ccc(C(=O)N2CCC3(CCC(CC(=O)O)CC3)CC2)cc1. The molecular weight excluding hydrogens is 366 g/mol. The second kappa shape index (κ2) is 8.74. The molecule has 27 heavy (non-hydrogen) atoms. The Morgan fingerprint density at radius 1 is 1.07 bits per heavy atom. The Labute approximate surface area is 166 Å². The van der Waals surface area contributed by atoms with Crippen molar-refractivity contribution in [1.29, 1.82) is 5.41 Å². The number of carboxylic acids is 1. The maximum absolute atomic E-state index is 12.7. The molecule has 1 aromatic carbocycles. The number of hydrogen-bond acceptors (Lipinski definition) is 3. The Morgan fingerprint density at radius 2 is 1.59 bits per heavy atom. The number of aliphatic carboxylic acids is 1. The average Bonchev–Trinajstić information content (AvgIpc) is 2.64. The lowest BCUT2D eigenvalue weighted by molar-refractivity contribution is -0.138. The summed E-state index contributed by atoms with van der Waals surface area (Å²) in [6, 6.07) is 6.90. The first-order valence-electron chi connectivity index (χ1n) is 9.34. The molecule has 0 aromatic heterocycles. The normalized spacial score (nSPS) is 19.3. The van der Waals surface area contributed by atoms with Crippen LogP contribution >= 0.6 is 12.4 Å². The summed E-state index contributed by atoms with van der Waals surface area (Å²) in [7, 11) is 0. The van der Waals surface area contributed by atoms with Crippen LogP contribution in [0.15, 0.2) is 24.3 Å². The monoisotopic (exact) mass is 393 g/mol. The summed E-state index contributed by atoms with van der Waals surface area (Å²) in [4.78, 5) is 25.5. The summed E-state index contributed by atoms with van der Waals surface area (Å²) in [5.74, 6) is -0.336. The largest absolute Gasteiger partial charge is 0.481 e. The van der Waals surface area contributed by atoms with Crippen molar-refractivity contribution in [3.8, 4) is 0 Å². The van der Waals surface area contributed by atoms with E-state index in [1.807, 2.05) is 4.90 Å². The fourth-order valence-electron chi connectivity index (χ4n) is 4.40. The number of rotatable bonds is 4. The first kappa shape index (κ1) is 21.2.